The Morgan fingerprint density at radius 2 is 1.39 bits per heavy atom. The highest BCUT2D eigenvalue weighted by atomic mass is 32.2. The van der Waals surface area contributed by atoms with Crippen molar-refractivity contribution < 1.29 is 43.7 Å². The van der Waals surface area contributed by atoms with Gasteiger partial charge in [0.05, 0.1) is 0 Å². The molecule has 0 spiro atoms. The lowest BCUT2D eigenvalue weighted by Gasteiger charge is -2.32. The lowest BCUT2D eigenvalue weighted by atomic mass is 10.0. The molecule has 0 aliphatic rings. The fraction of sp³-hybridized carbons (Fsp3) is 1.00. The summed E-state index contributed by atoms with van der Waals surface area (Å²) in [4.78, 5) is 0. The van der Waals surface area contributed by atoms with Crippen molar-refractivity contribution in [1.82, 2.24) is 6.15 Å². The van der Waals surface area contributed by atoms with Crippen molar-refractivity contribution >= 4 is 10.1 Å². The van der Waals surface area contributed by atoms with Crippen LogP contribution in [0.4, 0.5) is 30.7 Å². The van der Waals surface area contributed by atoms with E-state index < -0.39 is 39.8 Å². The average Bonchev–Trinajstić information content (AvgIpc) is 2.36. The monoisotopic (exact) mass is 379 g/mol. The molecule has 0 saturated heterocycles. The highest BCUT2D eigenvalue weighted by Gasteiger charge is 2.79. The first kappa shape index (κ1) is 24.6. The van der Waals surface area contributed by atoms with Gasteiger partial charge in [0, 0.05) is 0 Å². The maximum absolute atomic E-state index is 13.3. The van der Waals surface area contributed by atoms with Gasteiger partial charge in [0.25, 0.3) is 0 Å². The molecule has 0 aliphatic carbocycles. The first-order chi connectivity index (χ1) is 9.73. The minimum absolute atomic E-state index is 0. The first-order valence-electron chi connectivity index (χ1n) is 6.48. The van der Waals surface area contributed by atoms with Crippen molar-refractivity contribution in [2.75, 3.05) is 0 Å². The summed E-state index contributed by atoms with van der Waals surface area (Å²) in [5.74, 6) is -12.5. The van der Waals surface area contributed by atoms with Crippen LogP contribution >= 0.6 is 0 Å². The molecule has 0 saturated carbocycles. The van der Waals surface area contributed by atoms with Crippen LogP contribution in [0.25, 0.3) is 0 Å². The molecule has 142 valence electrons. The Kier molecular flexibility index (Phi) is 9.07. The summed E-state index contributed by atoms with van der Waals surface area (Å²) in [7, 11) is -6.84. The van der Waals surface area contributed by atoms with Gasteiger partial charge in [-0.1, -0.05) is 39.0 Å². The van der Waals surface area contributed by atoms with Crippen LogP contribution in [0.3, 0.4) is 0 Å². The third kappa shape index (κ3) is 5.18. The minimum atomic E-state index is -6.84. The van der Waals surface area contributed by atoms with E-state index in [0.29, 0.717) is 12.8 Å². The lowest BCUT2D eigenvalue weighted by molar-refractivity contribution is -0.300. The molecule has 0 aromatic rings. The molecule has 12 heteroatoms. The summed E-state index contributed by atoms with van der Waals surface area (Å²) in [6.45, 7) is 1.84. The van der Waals surface area contributed by atoms with Crippen molar-refractivity contribution in [2.45, 2.75) is 68.7 Å². The summed E-state index contributed by atoms with van der Waals surface area (Å²) in [5.41, 5.74) is 0. The molecule has 1 atom stereocenters. The molecular formula is C11H20F7NO3S. The van der Waals surface area contributed by atoms with E-state index in [1.165, 1.54) is 0 Å². The fourth-order valence-corrected chi connectivity index (χ4v) is 2.12. The molecule has 23 heavy (non-hydrogen) atoms. The van der Waals surface area contributed by atoms with Gasteiger partial charge in [0.1, 0.15) is 0 Å². The van der Waals surface area contributed by atoms with Crippen LogP contribution in [0.15, 0.2) is 0 Å². The lowest BCUT2D eigenvalue weighted by Crippen LogP contribution is -2.61. The van der Waals surface area contributed by atoms with E-state index in [1.807, 2.05) is 6.92 Å². The zero-order valence-electron chi connectivity index (χ0n) is 12.3. The predicted molar refractivity (Wildman–Crippen MR) is 69.7 cm³/mol. The third-order valence-electron chi connectivity index (χ3n) is 3.06. The molecular weight excluding hydrogens is 359 g/mol. The standard InChI is InChI=1S/C11H17F7O3S.H3N/c1-2-3-4-5-6-7-8(12)9(13,14)10(15,16)11(17,18)22(19,20)21;/h8H,2-7H2,1H3,(H,19,20,21);1H3. The van der Waals surface area contributed by atoms with Crippen molar-refractivity contribution in [2.24, 2.45) is 0 Å². The average molecular weight is 379 g/mol. The van der Waals surface area contributed by atoms with Crippen LogP contribution in [-0.4, -0.2) is 36.2 Å². The maximum Gasteiger partial charge on any atom is 0.438 e. The third-order valence-corrected chi connectivity index (χ3v) is 3.97. The highest BCUT2D eigenvalue weighted by Crippen LogP contribution is 2.50. The van der Waals surface area contributed by atoms with Crippen molar-refractivity contribution in [3.8, 4) is 0 Å². The SMILES string of the molecule is CCCCCCCC(F)C(F)(F)C(F)(F)C(F)(F)S(=O)(=O)O.N. The van der Waals surface area contributed by atoms with Crippen LogP contribution < -0.4 is 6.15 Å². The Labute approximate surface area is 129 Å². The Morgan fingerprint density at radius 1 is 0.957 bits per heavy atom. The molecule has 1 unspecified atom stereocenters. The minimum Gasteiger partial charge on any atom is -0.344 e. The molecule has 0 fully saturated rings. The van der Waals surface area contributed by atoms with Gasteiger partial charge in [-0.2, -0.15) is 34.8 Å². The Balaban J connectivity index is 0. The second-order valence-corrected chi connectivity index (χ2v) is 6.32. The number of alkyl halides is 7. The molecule has 0 aliphatic heterocycles. The summed E-state index contributed by atoms with van der Waals surface area (Å²) >= 11 is 0. The molecule has 0 radical (unpaired) electrons. The van der Waals surface area contributed by atoms with E-state index in [4.69, 9.17) is 4.55 Å². The van der Waals surface area contributed by atoms with E-state index in [-0.39, 0.29) is 19.0 Å². The summed E-state index contributed by atoms with van der Waals surface area (Å²) in [6.07, 6.45) is -2.77. The first-order valence-corrected chi connectivity index (χ1v) is 7.92. The molecule has 0 rings (SSSR count). The quantitative estimate of drug-likeness (QED) is 0.330. The van der Waals surface area contributed by atoms with Crippen molar-refractivity contribution in [3.05, 3.63) is 0 Å². The molecule has 0 aromatic carbocycles. The number of halogens is 7. The normalized spacial score (nSPS) is 15.2. The number of hydrogen-bond donors (Lipinski definition) is 2. The van der Waals surface area contributed by atoms with Gasteiger partial charge < -0.3 is 6.15 Å². The van der Waals surface area contributed by atoms with E-state index in [2.05, 4.69) is 0 Å². The van der Waals surface area contributed by atoms with Crippen LogP contribution in [0.1, 0.15) is 45.4 Å². The van der Waals surface area contributed by atoms with Crippen LogP contribution in [0.5, 0.6) is 0 Å². The Bertz CT molecular complexity index is 457. The Morgan fingerprint density at radius 3 is 1.78 bits per heavy atom. The Hall–Kier alpha value is -0.620. The summed E-state index contributed by atoms with van der Waals surface area (Å²) < 4.78 is 120. The number of hydrogen-bond acceptors (Lipinski definition) is 3. The van der Waals surface area contributed by atoms with E-state index in [9.17, 15) is 39.2 Å². The molecule has 4 N–H and O–H groups in total. The van der Waals surface area contributed by atoms with E-state index >= 15 is 0 Å². The van der Waals surface area contributed by atoms with Crippen molar-refractivity contribution in [1.29, 1.82) is 0 Å². The van der Waals surface area contributed by atoms with Crippen LogP contribution in [0.2, 0.25) is 0 Å². The number of rotatable bonds is 10. The maximum atomic E-state index is 13.3. The second kappa shape index (κ2) is 8.47. The van der Waals surface area contributed by atoms with Gasteiger partial charge in [-0.05, 0) is 6.42 Å². The van der Waals surface area contributed by atoms with E-state index in [1.54, 1.807) is 0 Å². The van der Waals surface area contributed by atoms with Gasteiger partial charge >= 0.3 is 27.2 Å². The molecule has 0 aromatic heterocycles. The molecule has 4 nitrogen and oxygen atoms in total. The summed E-state index contributed by atoms with van der Waals surface area (Å²) in [6, 6.07) is 0. The molecule has 0 amide bonds. The predicted octanol–water partition coefficient (Wildman–Crippen LogP) is 4.60. The number of unbranched alkanes of at least 4 members (excludes halogenated alkanes) is 4. The van der Waals surface area contributed by atoms with Gasteiger partial charge in [-0.3, -0.25) is 4.55 Å². The van der Waals surface area contributed by atoms with Crippen LogP contribution in [0, 0.1) is 0 Å². The summed E-state index contributed by atoms with van der Waals surface area (Å²) in [5, 5.41) is -6.50. The van der Waals surface area contributed by atoms with E-state index in [0.717, 1.165) is 6.42 Å². The molecule has 0 heterocycles. The van der Waals surface area contributed by atoms with Crippen LogP contribution in [-0.2, 0) is 10.1 Å². The van der Waals surface area contributed by atoms with Gasteiger partial charge in [0.2, 0.25) is 0 Å². The topological polar surface area (TPSA) is 89.4 Å². The highest BCUT2D eigenvalue weighted by molar-refractivity contribution is 7.87. The molecule has 0 bridgehead atoms. The largest absolute Gasteiger partial charge is 0.438 e. The van der Waals surface area contributed by atoms with Gasteiger partial charge in [-0.25, -0.2) is 4.39 Å². The van der Waals surface area contributed by atoms with Crippen molar-refractivity contribution in [3.63, 3.8) is 0 Å². The zero-order chi connectivity index (χ0) is 17.8. The zero-order valence-corrected chi connectivity index (χ0v) is 13.2. The fourth-order valence-electron chi connectivity index (χ4n) is 1.66. The smallest absolute Gasteiger partial charge is 0.344 e. The van der Waals surface area contributed by atoms with Gasteiger partial charge in [-0.15, -0.1) is 0 Å². The second-order valence-electron chi connectivity index (χ2n) is 4.86. The van der Waals surface area contributed by atoms with Gasteiger partial charge in [0.15, 0.2) is 6.17 Å².